The highest BCUT2D eigenvalue weighted by atomic mass is 16.5. The Morgan fingerprint density at radius 1 is 1.33 bits per heavy atom. The molecule has 1 amide bonds. The monoisotopic (exact) mass is 293 g/mol. The summed E-state index contributed by atoms with van der Waals surface area (Å²) < 4.78 is 5.61. The Balaban J connectivity index is 2.41. The molecule has 1 aromatic rings. The summed E-state index contributed by atoms with van der Waals surface area (Å²) in [5.74, 6) is 0.746. The van der Waals surface area contributed by atoms with Gasteiger partial charge in [-0.25, -0.2) is 0 Å². The van der Waals surface area contributed by atoms with Gasteiger partial charge in [-0.3, -0.25) is 4.79 Å². The highest BCUT2D eigenvalue weighted by molar-refractivity contribution is 5.76. The van der Waals surface area contributed by atoms with Gasteiger partial charge < -0.3 is 15.2 Å². The number of hydrogen-bond acceptors (Lipinski definition) is 3. The van der Waals surface area contributed by atoms with Gasteiger partial charge in [-0.15, -0.1) is 0 Å². The average molecular weight is 293 g/mol. The van der Waals surface area contributed by atoms with Gasteiger partial charge in [-0.2, -0.15) is 0 Å². The summed E-state index contributed by atoms with van der Waals surface area (Å²) in [4.78, 5) is 11.9. The first kappa shape index (κ1) is 17.5. The number of aliphatic hydroxyl groups excluding tert-OH is 1. The smallest absolute Gasteiger partial charge is 0.223 e. The number of hydrogen-bond donors (Lipinski definition) is 2. The summed E-state index contributed by atoms with van der Waals surface area (Å²) in [6.07, 6.45) is 1.67. The Hall–Kier alpha value is -1.55. The van der Waals surface area contributed by atoms with Crippen molar-refractivity contribution >= 4 is 5.91 Å². The van der Waals surface area contributed by atoms with Crippen molar-refractivity contribution in [3.8, 4) is 5.75 Å². The zero-order chi connectivity index (χ0) is 15.9. The third-order valence-electron chi connectivity index (χ3n) is 3.96. The Labute approximate surface area is 127 Å². The fourth-order valence-corrected chi connectivity index (χ4v) is 2.04. The zero-order valence-corrected chi connectivity index (χ0v) is 13.5. The molecule has 0 aliphatic heterocycles. The Kier molecular flexibility index (Phi) is 6.69. The van der Waals surface area contributed by atoms with E-state index < -0.39 is 0 Å². The molecule has 0 bridgehead atoms. The van der Waals surface area contributed by atoms with Crippen LogP contribution in [0.15, 0.2) is 18.2 Å². The standard InChI is InChI=1S/C17H27NO3/c1-5-17(4,9-10-19)18-16(20)8-11-21-15-7-6-13(2)14(3)12-15/h6-7,12,19H,5,8-11H2,1-4H3,(H,18,20). The van der Waals surface area contributed by atoms with Crippen molar-refractivity contribution in [1.82, 2.24) is 5.32 Å². The maximum atomic E-state index is 11.9. The van der Waals surface area contributed by atoms with E-state index in [4.69, 9.17) is 9.84 Å². The SMILES string of the molecule is CCC(C)(CCO)NC(=O)CCOc1ccc(C)c(C)c1. The summed E-state index contributed by atoms with van der Waals surface area (Å²) in [6.45, 7) is 8.47. The van der Waals surface area contributed by atoms with E-state index in [0.717, 1.165) is 12.2 Å². The predicted molar refractivity (Wildman–Crippen MR) is 84.6 cm³/mol. The van der Waals surface area contributed by atoms with Crippen LogP contribution < -0.4 is 10.1 Å². The molecule has 0 saturated heterocycles. The fraction of sp³-hybridized carbons (Fsp3) is 0.588. The first-order chi connectivity index (χ1) is 9.90. The minimum Gasteiger partial charge on any atom is -0.493 e. The van der Waals surface area contributed by atoms with Crippen LogP contribution in [0, 0.1) is 13.8 Å². The largest absolute Gasteiger partial charge is 0.493 e. The maximum Gasteiger partial charge on any atom is 0.223 e. The molecule has 0 aliphatic rings. The minimum absolute atomic E-state index is 0.0448. The van der Waals surface area contributed by atoms with Gasteiger partial charge in [0.15, 0.2) is 0 Å². The lowest BCUT2D eigenvalue weighted by Gasteiger charge is -2.29. The molecule has 4 heteroatoms. The lowest BCUT2D eigenvalue weighted by Crippen LogP contribution is -2.46. The number of aliphatic hydroxyl groups is 1. The second-order valence-electron chi connectivity index (χ2n) is 5.78. The first-order valence-corrected chi connectivity index (χ1v) is 7.52. The Morgan fingerprint density at radius 3 is 2.62 bits per heavy atom. The molecule has 118 valence electrons. The van der Waals surface area contributed by atoms with Gasteiger partial charge in [-0.1, -0.05) is 13.0 Å². The second-order valence-corrected chi connectivity index (χ2v) is 5.78. The van der Waals surface area contributed by atoms with E-state index in [9.17, 15) is 4.79 Å². The van der Waals surface area contributed by atoms with Crippen molar-refractivity contribution in [3.05, 3.63) is 29.3 Å². The van der Waals surface area contributed by atoms with Crippen LogP contribution >= 0.6 is 0 Å². The normalized spacial score (nSPS) is 13.6. The molecule has 0 aliphatic carbocycles. The van der Waals surface area contributed by atoms with Crippen molar-refractivity contribution in [2.45, 2.75) is 52.5 Å². The fourth-order valence-electron chi connectivity index (χ4n) is 2.04. The number of nitrogens with one attached hydrogen (secondary N) is 1. The molecule has 0 aromatic heterocycles. The molecule has 21 heavy (non-hydrogen) atoms. The number of carbonyl (C=O) groups excluding carboxylic acids is 1. The lowest BCUT2D eigenvalue weighted by atomic mass is 9.95. The first-order valence-electron chi connectivity index (χ1n) is 7.52. The summed E-state index contributed by atoms with van der Waals surface area (Å²) >= 11 is 0. The van der Waals surface area contributed by atoms with Crippen LogP contribution in [0.5, 0.6) is 5.75 Å². The highest BCUT2D eigenvalue weighted by Crippen LogP contribution is 2.17. The third kappa shape index (κ3) is 5.76. The predicted octanol–water partition coefficient (Wildman–Crippen LogP) is 2.74. The molecule has 1 atom stereocenters. The summed E-state index contributed by atoms with van der Waals surface area (Å²) in [5, 5.41) is 12.0. The van der Waals surface area contributed by atoms with Crippen molar-refractivity contribution in [2.24, 2.45) is 0 Å². The zero-order valence-electron chi connectivity index (χ0n) is 13.5. The van der Waals surface area contributed by atoms with Crippen molar-refractivity contribution in [1.29, 1.82) is 0 Å². The molecule has 0 spiro atoms. The minimum atomic E-state index is -0.341. The molecule has 0 fully saturated rings. The van der Waals surface area contributed by atoms with Gasteiger partial charge in [-0.05, 0) is 56.9 Å². The Morgan fingerprint density at radius 2 is 2.05 bits per heavy atom. The number of rotatable bonds is 8. The van der Waals surface area contributed by atoms with Crippen molar-refractivity contribution in [2.75, 3.05) is 13.2 Å². The molecule has 2 N–H and O–H groups in total. The molecule has 0 heterocycles. The average Bonchev–Trinajstić information content (AvgIpc) is 2.43. The van der Waals surface area contributed by atoms with Crippen LogP contribution in [-0.2, 0) is 4.79 Å². The van der Waals surface area contributed by atoms with Gasteiger partial charge >= 0.3 is 0 Å². The van der Waals surface area contributed by atoms with E-state index in [1.165, 1.54) is 11.1 Å². The van der Waals surface area contributed by atoms with Gasteiger partial charge in [0, 0.05) is 12.1 Å². The molecule has 0 radical (unpaired) electrons. The molecule has 4 nitrogen and oxygen atoms in total. The van der Waals surface area contributed by atoms with E-state index in [1.807, 2.05) is 39.0 Å². The molecule has 1 rings (SSSR count). The number of benzene rings is 1. The van der Waals surface area contributed by atoms with Crippen molar-refractivity contribution in [3.63, 3.8) is 0 Å². The van der Waals surface area contributed by atoms with Gasteiger partial charge in [0.1, 0.15) is 5.75 Å². The van der Waals surface area contributed by atoms with Crippen LogP contribution in [0.25, 0.3) is 0 Å². The summed E-state index contributed by atoms with van der Waals surface area (Å²) in [6, 6.07) is 5.91. The Bertz CT molecular complexity index is 473. The highest BCUT2D eigenvalue weighted by Gasteiger charge is 2.23. The maximum absolute atomic E-state index is 11.9. The van der Waals surface area contributed by atoms with E-state index in [0.29, 0.717) is 19.4 Å². The van der Waals surface area contributed by atoms with Crippen LogP contribution in [-0.4, -0.2) is 29.8 Å². The number of amides is 1. The third-order valence-corrected chi connectivity index (χ3v) is 3.96. The van der Waals surface area contributed by atoms with Crippen LogP contribution in [0.4, 0.5) is 0 Å². The van der Waals surface area contributed by atoms with Gasteiger partial charge in [0.05, 0.1) is 13.0 Å². The number of ether oxygens (including phenoxy) is 1. The topological polar surface area (TPSA) is 58.6 Å². The van der Waals surface area contributed by atoms with Crippen LogP contribution in [0.3, 0.4) is 0 Å². The quantitative estimate of drug-likeness (QED) is 0.775. The van der Waals surface area contributed by atoms with E-state index in [1.54, 1.807) is 0 Å². The molecular weight excluding hydrogens is 266 g/mol. The van der Waals surface area contributed by atoms with Gasteiger partial charge in [0.2, 0.25) is 5.91 Å². The number of aryl methyl sites for hydroxylation is 2. The number of carbonyl (C=O) groups is 1. The van der Waals surface area contributed by atoms with Crippen molar-refractivity contribution < 1.29 is 14.6 Å². The summed E-state index contributed by atoms with van der Waals surface area (Å²) in [7, 11) is 0. The molecule has 1 unspecified atom stereocenters. The second kappa shape index (κ2) is 8.03. The summed E-state index contributed by atoms with van der Waals surface area (Å²) in [5.41, 5.74) is 2.06. The van der Waals surface area contributed by atoms with Crippen LogP contribution in [0.2, 0.25) is 0 Å². The molecular formula is C17H27NO3. The van der Waals surface area contributed by atoms with E-state index in [-0.39, 0.29) is 18.1 Å². The lowest BCUT2D eigenvalue weighted by molar-refractivity contribution is -0.123. The van der Waals surface area contributed by atoms with Gasteiger partial charge in [0.25, 0.3) is 0 Å². The van der Waals surface area contributed by atoms with E-state index >= 15 is 0 Å². The van der Waals surface area contributed by atoms with E-state index in [2.05, 4.69) is 12.2 Å². The molecule has 1 aromatic carbocycles. The van der Waals surface area contributed by atoms with Crippen LogP contribution in [0.1, 0.15) is 44.2 Å². The molecule has 0 saturated carbocycles.